The van der Waals surface area contributed by atoms with Gasteiger partial charge in [0.1, 0.15) is 12.1 Å². The number of nitrogens with zero attached hydrogens (tertiary/aromatic N) is 1. The third-order valence-electron chi connectivity index (χ3n) is 3.50. The summed E-state index contributed by atoms with van der Waals surface area (Å²) >= 11 is 0. The minimum Gasteiger partial charge on any atom is -0.481 e. The predicted molar refractivity (Wildman–Crippen MR) is 74.8 cm³/mol. The van der Waals surface area contributed by atoms with Crippen LogP contribution < -0.4 is 11.1 Å². The van der Waals surface area contributed by atoms with Gasteiger partial charge in [-0.3, -0.25) is 14.4 Å². The number of hydrogen-bond donors (Lipinski definition) is 4. The lowest BCUT2D eigenvalue weighted by Gasteiger charge is -2.27. The van der Waals surface area contributed by atoms with E-state index in [2.05, 4.69) is 5.32 Å². The number of carboxylic acids is 2. The lowest BCUT2D eigenvalue weighted by atomic mass is 10.1. The molecule has 1 aliphatic rings. The number of carboxylic acid groups (broad SMARTS) is 2. The van der Waals surface area contributed by atoms with Crippen molar-refractivity contribution in [1.29, 1.82) is 0 Å². The Hall–Kier alpha value is -2.16. The van der Waals surface area contributed by atoms with Crippen LogP contribution >= 0.6 is 0 Å². The van der Waals surface area contributed by atoms with Gasteiger partial charge >= 0.3 is 11.9 Å². The summed E-state index contributed by atoms with van der Waals surface area (Å²) in [6, 6.07) is -2.88. The molecule has 0 radical (unpaired) electrons. The van der Waals surface area contributed by atoms with E-state index in [4.69, 9.17) is 15.9 Å². The second kappa shape index (κ2) is 7.74. The molecule has 1 aliphatic heterocycles. The molecule has 0 aliphatic carbocycles. The van der Waals surface area contributed by atoms with Gasteiger partial charge in [0.15, 0.2) is 0 Å². The largest absolute Gasteiger partial charge is 0.481 e. The molecule has 9 heteroatoms. The van der Waals surface area contributed by atoms with Crippen molar-refractivity contribution >= 4 is 23.8 Å². The first-order valence-electron chi connectivity index (χ1n) is 7.05. The van der Waals surface area contributed by atoms with Crippen molar-refractivity contribution in [2.24, 2.45) is 5.73 Å². The van der Waals surface area contributed by atoms with Crippen LogP contribution in [0, 0.1) is 0 Å². The van der Waals surface area contributed by atoms with Crippen molar-refractivity contribution in [3.8, 4) is 0 Å². The van der Waals surface area contributed by atoms with E-state index in [9.17, 15) is 19.2 Å². The summed E-state index contributed by atoms with van der Waals surface area (Å²) in [5, 5.41) is 20.2. The van der Waals surface area contributed by atoms with Crippen molar-refractivity contribution in [2.45, 2.75) is 50.7 Å². The third kappa shape index (κ3) is 4.69. The Morgan fingerprint density at radius 2 is 1.95 bits per heavy atom. The van der Waals surface area contributed by atoms with Gasteiger partial charge in [-0.1, -0.05) is 0 Å². The van der Waals surface area contributed by atoms with Crippen molar-refractivity contribution < 1.29 is 29.4 Å². The van der Waals surface area contributed by atoms with Crippen LogP contribution in [-0.4, -0.2) is 63.5 Å². The highest BCUT2D eigenvalue weighted by molar-refractivity contribution is 5.92. The molecule has 2 amide bonds. The number of rotatable bonds is 7. The van der Waals surface area contributed by atoms with E-state index in [0.717, 1.165) is 0 Å². The van der Waals surface area contributed by atoms with Crippen molar-refractivity contribution in [1.82, 2.24) is 10.2 Å². The molecule has 1 heterocycles. The van der Waals surface area contributed by atoms with Crippen molar-refractivity contribution in [3.05, 3.63) is 0 Å². The van der Waals surface area contributed by atoms with Crippen LogP contribution in [0.25, 0.3) is 0 Å². The molecule has 3 atom stereocenters. The SMILES string of the molecule is C[C@H](N)C(=O)N[C@@H](CCC(=O)O)C(=O)N1CCC[C@@H]1C(=O)O. The molecule has 1 rings (SSSR count). The molecular weight excluding hydrogens is 294 g/mol. The van der Waals surface area contributed by atoms with Crippen LogP contribution in [0.15, 0.2) is 0 Å². The van der Waals surface area contributed by atoms with Gasteiger partial charge in [-0.2, -0.15) is 0 Å². The summed E-state index contributed by atoms with van der Waals surface area (Å²) < 4.78 is 0. The highest BCUT2D eigenvalue weighted by Gasteiger charge is 2.37. The molecule has 0 spiro atoms. The minimum absolute atomic E-state index is 0.116. The smallest absolute Gasteiger partial charge is 0.326 e. The minimum atomic E-state index is -1.11. The van der Waals surface area contributed by atoms with Gasteiger partial charge in [0.25, 0.3) is 0 Å². The van der Waals surface area contributed by atoms with E-state index >= 15 is 0 Å². The average Bonchev–Trinajstić information content (AvgIpc) is 2.91. The fraction of sp³-hybridized carbons (Fsp3) is 0.692. The monoisotopic (exact) mass is 315 g/mol. The fourth-order valence-electron chi connectivity index (χ4n) is 2.32. The topological polar surface area (TPSA) is 150 Å². The van der Waals surface area contributed by atoms with Gasteiger partial charge in [0, 0.05) is 13.0 Å². The molecule has 1 fully saturated rings. The number of likely N-dealkylation sites (tertiary alicyclic amines) is 1. The summed E-state index contributed by atoms with van der Waals surface area (Å²) in [5.41, 5.74) is 5.42. The molecule has 0 saturated carbocycles. The van der Waals surface area contributed by atoms with Crippen LogP contribution in [0.2, 0.25) is 0 Å². The van der Waals surface area contributed by atoms with Gasteiger partial charge in [-0.15, -0.1) is 0 Å². The summed E-state index contributed by atoms with van der Waals surface area (Å²) in [6.45, 7) is 1.71. The fourth-order valence-corrected chi connectivity index (χ4v) is 2.32. The van der Waals surface area contributed by atoms with Crippen LogP contribution in [0.4, 0.5) is 0 Å². The maximum Gasteiger partial charge on any atom is 0.326 e. The molecule has 124 valence electrons. The first-order chi connectivity index (χ1) is 10.2. The Morgan fingerprint density at radius 3 is 2.45 bits per heavy atom. The second-order valence-electron chi connectivity index (χ2n) is 5.31. The van der Waals surface area contributed by atoms with Crippen molar-refractivity contribution in [2.75, 3.05) is 6.54 Å². The summed E-state index contributed by atoms with van der Waals surface area (Å²) in [6.07, 6.45) is 0.459. The normalized spacial score (nSPS) is 20.3. The van der Waals surface area contributed by atoms with Crippen molar-refractivity contribution in [3.63, 3.8) is 0 Å². The number of nitrogens with two attached hydrogens (primary N) is 1. The molecule has 0 bridgehead atoms. The first-order valence-corrected chi connectivity index (χ1v) is 7.05. The molecule has 0 aromatic carbocycles. The Bertz CT molecular complexity index is 465. The lowest BCUT2D eigenvalue weighted by molar-refractivity contribution is -0.149. The Morgan fingerprint density at radius 1 is 1.32 bits per heavy atom. The predicted octanol–water partition coefficient (Wildman–Crippen LogP) is -1.24. The molecule has 1 saturated heterocycles. The standard InChI is InChI=1S/C13H21N3O6/c1-7(14)11(19)15-8(4-5-10(17)18)12(20)16-6-2-3-9(16)13(21)22/h7-9H,2-6,14H2,1H3,(H,15,19)(H,17,18)(H,21,22)/t7-,8-,9+/m0/s1. The average molecular weight is 315 g/mol. The van der Waals surface area contributed by atoms with Gasteiger partial charge in [-0.05, 0) is 26.2 Å². The summed E-state index contributed by atoms with van der Waals surface area (Å²) in [7, 11) is 0. The zero-order valence-electron chi connectivity index (χ0n) is 12.3. The third-order valence-corrected chi connectivity index (χ3v) is 3.50. The highest BCUT2D eigenvalue weighted by Crippen LogP contribution is 2.19. The molecule has 5 N–H and O–H groups in total. The molecule has 0 aromatic heterocycles. The van der Waals surface area contributed by atoms with E-state index in [1.54, 1.807) is 0 Å². The molecule has 9 nitrogen and oxygen atoms in total. The van der Waals surface area contributed by atoms with E-state index in [0.29, 0.717) is 12.8 Å². The van der Waals surface area contributed by atoms with E-state index < -0.39 is 41.9 Å². The number of hydrogen-bond acceptors (Lipinski definition) is 5. The van der Waals surface area contributed by atoms with Crippen LogP contribution in [0.1, 0.15) is 32.6 Å². The van der Waals surface area contributed by atoms with Gasteiger partial charge < -0.3 is 26.2 Å². The number of nitrogens with one attached hydrogen (secondary N) is 1. The second-order valence-corrected chi connectivity index (χ2v) is 5.31. The number of aliphatic carboxylic acids is 2. The van der Waals surface area contributed by atoms with E-state index in [-0.39, 0.29) is 19.4 Å². The first kappa shape index (κ1) is 17.9. The Labute approximate surface area is 127 Å². The maximum atomic E-state index is 12.4. The van der Waals surface area contributed by atoms with E-state index in [1.807, 2.05) is 0 Å². The summed E-state index contributed by atoms with van der Waals surface area (Å²) in [5.74, 6) is -3.39. The summed E-state index contributed by atoms with van der Waals surface area (Å²) in [4.78, 5) is 47.1. The Balaban J connectivity index is 2.83. The number of amides is 2. The molecule has 22 heavy (non-hydrogen) atoms. The van der Waals surface area contributed by atoms with Gasteiger partial charge in [0.2, 0.25) is 11.8 Å². The molecule has 0 unspecified atom stereocenters. The van der Waals surface area contributed by atoms with E-state index in [1.165, 1.54) is 11.8 Å². The number of carbonyl (C=O) groups excluding carboxylic acids is 2. The van der Waals surface area contributed by atoms with Crippen LogP contribution in [0.5, 0.6) is 0 Å². The highest BCUT2D eigenvalue weighted by atomic mass is 16.4. The van der Waals surface area contributed by atoms with Crippen LogP contribution in [0.3, 0.4) is 0 Å². The zero-order chi connectivity index (χ0) is 16.9. The van der Waals surface area contributed by atoms with Gasteiger partial charge in [-0.25, -0.2) is 4.79 Å². The Kier molecular flexibility index (Phi) is 6.29. The quantitative estimate of drug-likeness (QED) is 0.459. The zero-order valence-corrected chi connectivity index (χ0v) is 12.3. The molecule has 0 aromatic rings. The van der Waals surface area contributed by atoms with Crippen LogP contribution in [-0.2, 0) is 19.2 Å². The number of carbonyl (C=O) groups is 4. The maximum absolute atomic E-state index is 12.4. The van der Waals surface area contributed by atoms with Gasteiger partial charge in [0.05, 0.1) is 6.04 Å². The molecular formula is C13H21N3O6. The lowest BCUT2D eigenvalue weighted by Crippen LogP contribution is -2.54.